The zero-order chi connectivity index (χ0) is 47.1. The molecule has 64 heavy (non-hydrogen) atoms. The third kappa shape index (κ3) is 48.4. The number of carbonyl (C=O) groups is 1. The number of unbranched alkanes of at least 4 members (excludes halogenated alkanes) is 30. The molecule has 0 aliphatic carbocycles. The van der Waals surface area contributed by atoms with Gasteiger partial charge in [0, 0.05) is 6.42 Å². The van der Waals surface area contributed by atoms with Gasteiger partial charge in [-0.1, -0.05) is 223 Å². The fourth-order valence-electron chi connectivity index (χ4n) is 7.72. The van der Waals surface area contributed by atoms with E-state index in [0.717, 1.165) is 51.4 Å². The van der Waals surface area contributed by atoms with Crippen molar-refractivity contribution in [3.63, 3.8) is 0 Å². The number of hydrogen-bond donors (Lipinski definition) is 3. The first-order valence-electron chi connectivity index (χ1n) is 27.0. The Balaban J connectivity index is 4.02. The molecule has 3 N–H and O–H groups in total. The van der Waals surface area contributed by atoms with E-state index in [9.17, 15) is 19.4 Å². The Morgan fingerprint density at radius 3 is 1.31 bits per heavy atom. The lowest BCUT2D eigenvalue weighted by Gasteiger charge is -2.25. The van der Waals surface area contributed by atoms with E-state index >= 15 is 0 Å². The molecule has 0 rings (SSSR count). The second-order valence-electron chi connectivity index (χ2n) is 19.6. The molecule has 0 radical (unpaired) electrons. The van der Waals surface area contributed by atoms with Crippen LogP contribution in [-0.4, -0.2) is 73.4 Å². The van der Waals surface area contributed by atoms with Gasteiger partial charge in [-0.3, -0.25) is 13.8 Å². The van der Waals surface area contributed by atoms with Crippen molar-refractivity contribution < 1.29 is 32.9 Å². The van der Waals surface area contributed by atoms with E-state index in [0.29, 0.717) is 17.4 Å². The molecule has 0 bridgehead atoms. The van der Waals surface area contributed by atoms with Gasteiger partial charge in [0.25, 0.3) is 0 Å². The third-order valence-electron chi connectivity index (χ3n) is 12.0. The molecule has 0 aliphatic rings. The molecule has 0 heterocycles. The molecule has 0 saturated carbocycles. The lowest BCUT2D eigenvalue weighted by Crippen LogP contribution is -2.45. The maximum Gasteiger partial charge on any atom is 0.472 e. The molecule has 3 atom stereocenters. The molecule has 9 heteroatoms. The monoisotopic (exact) mass is 922 g/mol. The Labute approximate surface area is 397 Å². The number of aliphatic hydroxyl groups is 1. The van der Waals surface area contributed by atoms with Crippen LogP contribution in [0.1, 0.15) is 245 Å². The minimum absolute atomic E-state index is 0.0535. The average Bonchev–Trinajstić information content (AvgIpc) is 3.25. The Morgan fingerprint density at radius 1 is 0.516 bits per heavy atom. The van der Waals surface area contributed by atoms with Crippen molar-refractivity contribution in [2.45, 2.75) is 257 Å². The summed E-state index contributed by atoms with van der Waals surface area (Å²) >= 11 is 0. The van der Waals surface area contributed by atoms with E-state index in [1.807, 2.05) is 27.2 Å². The van der Waals surface area contributed by atoms with Crippen LogP contribution in [-0.2, 0) is 18.4 Å². The summed E-state index contributed by atoms with van der Waals surface area (Å²) in [6.45, 7) is 4.72. The van der Waals surface area contributed by atoms with Crippen molar-refractivity contribution in [1.29, 1.82) is 0 Å². The van der Waals surface area contributed by atoms with Crippen molar-refractivity contribution in [2.75, 3.05) is 40.9 Å². The highest BCUT2D eigenvalue weighted by molar-refractivity contribution is 7.47. The van der Waals surface area contributed by atoms with Crippen LogP contribution in [0.2, 0.25) is 0 Å². The third-order valence-corrected chi connectivity index (χ3v) is 13.0. The summed E-state index contributed by atoms with van der Waals surface area (Å²) < 4.78 is 23.6. The number of phosphoric ester groups is 1. The second-order valence-corrected chi connectivity index (χ2v) is 21.0. The van der Waals surface area contributed by atoms with E-state index in [2.05, 4.69) is 55.6 Å². The number of rotatable bonds is 49. The number of phosphoric acid groups is 1. The van der Waals surface area contributed by atoms with Crippen molar-refractivity contribution in [2.24, 2.45) is 0 Å². The molecule has 376 valence electrons. The zero-order valence-electron chi connectivity index (χ0n) is 42.8. The molecule has 0 aromatic rings. The zero-order valence-corrected chi connectivity index (χ0v) is 43.7. The van der Waals surface area contributed by atoms with Gasteiger partial charge >= 0.3 is 7.82 Å². The van der Waals surface area contributed by atoms with E-state index in [1.54, 1.807) is 6.08 Å². The number of nitrogens with one attached hydrogen (secondary N) is 1. The number of nitrogens with zero attached hydrogens (tertiary/aromatic N) is 1. The number of carbonyl (C=O) groups excluding carboxylic acids is 1. The van der Waals surface area contributed by atoms with Gasteiger partial charge in [0.1, 0.15) is 13.2 Å². The normalized spacial score (nSPS) is 14.4. The maximum absolute atomic E-state index is 12.9. The predicted molar refractivity (Wildman–Crippen MR) is 277 cm³/mol. The van der Waals surface area contributed by atoms with Crippen LogP contribution in [0.4, 0.5) is 0 Å². The highest BCUT2D eigenvalue weighted by Gasteiger charge is 2.27. The van der Waals surface area contributed by atoms with Crippen LogP contribution in [0.25, 0.3) is 0 Å². The van der Waals surface area contributed by atoms with Gasteiger partial charge in [0.15, 0.2) is 0 Å². The molecular weight excluding hydrogens is 816 g/mol. The maximum atomic E-state index is 12.9. The molecule has 0 aromatic carbocycles. The molecule has 0 spiro atoms. The number of amides is 1. The highest BCUT2D eigenvalue weighted by atomic mass is 31.2. The summed E-state index contributed by atoms with van der Waals surface area (Å²) in [5.41, 5.74) is 0. The summed E-state index contributed by atoms with van der Waals surface area (Å²) in [6.07, 6.45) is 60.9. The van der Waals surface area contributed by atoms with Crippen LogP contribution < -0.4 is 5.32 Å². The largest absolute Gasteiger partial charge is 0.472 e. The van der Waals surface area contributed by atoms with E-state index in [-0.39, 0.29) is 19.1 Å². The topological polar surface area (TPSA) is 105 Å². The molecule has 0 saturated heterocycles. The average molecular weight is 922 g/mol. The van der Waals surface area contributed by atoms with E-state index in [4.69, 9.17) is 9.05 Å². The fourth-order valence-corrected chi connectivity index (χ4v) is 8.46. The van der Waals surface area contributed by atoms with Crippen LogP contribution in [0.15, 0.2) is 48.6 Å². The molecule has 0 fully saturated rings. The molecular formula is C55H106N2O6P+. The van der Waals surface area contributed by atoms with Gasteiger partial charge in [0.2, 0.25) is 5.91 Å². The first kappa shape index (κ1) is 62.5. The van der Waals surface area contributed by atoms with Gasteiger partial charge in [-0.25, -0.2) is 4.57 Å². The van der Waals surface area contributed by atoms with Crippen LogP contribution in [0, 0.1) is 0 Å². The number of hydrogen-bond acceptors (Lipinski definition) is 5. The fraction of sp³-hybridized carbons (Fsp3) is 0.836. The van der Waals surface area contributed by atoms with Crippen molar-refractivity contribution in [3.8, 4) is 0 Å². The Bertz CT molecular complexity index is 1180. The minimum Gasteiger partial charge on any atom is -0.387 e. The quantitative estimate of drug-likeness (QED) is 0.0243. The number of quaternary nitrogens is 1. The minimum atomic E-state index is -4.35. The van der Waals surface area contributed by atoms with Crippen molar-refractivity contribution in [1.82, 2.24) is 5.32 Å². The Morgan fingerprint density at radius 2 is 0.891 bits per heavy atom. The first-order valence-corrected chi connectivity index (χ1v) is 28.5. The lowest BCUT2D eigenvalue weighted by atomic mass is 10.0. The van der Waals surface area contributed by atoms with Crippen LogP contribution in [0.5, 0.6) is 0 Å². The van der Waals surface area contributed by atoms with Crippen LogP contribution >= 0.6 is 7.82 Å². The number of aliphatic hydroxyl groups excluding tert-OH is 1. The molecule has 8 nitrogen and oxygen atoms in total. The Kier molecular flexibility index (Phi) is 45.4. The molecule has 0 aliphatic heterocycles. The van der Waals surface area contributed by atoms with E-state index in [1.165, 1.54) is 173 Å². The summed E-state index contributed by atoms with van der Waals surface area (Å²) in [4.78, 5) is 23.2. The SMILES string of the molecule is CCC/C=C/CC/C=C/CC/C=C/C(O)C(COP(=O)(O)OCC[N+](C)(C)C)NC(=O)CCCCCCCCCCCCCCCCCCCCC/C=C\CCCCCCCCCC. The molecule has 0 aromatic heterocycles. The smallest absolute Gasteiger partial charge is 0.387 e. The van der Waals surface area contributed by atoms with Crippen molar-refractivity contribution in [3.05, 3.63) is 48.6 Å². The summed E-state index contributed by atoms with van der Waals surface area (Å²) in [5, 5.41) is 13.8. The summed E-state index contributed by atoms with van der Waals surface area (Å²) in [7, 11) is 1.55. The molecule has 3 unspecified atom stereocenters. The highest BCUT2D eigenvalue weighted by Crippen LogP contribution is 2.43. The van der Waals surface area contributed by atoms with Crippen LogP contribution in [0.3, 0.4) is 0 Å². The Hall–Kier alpha value is -1.54. The number of likely N-dealkylation sites (N-methyl/N-ethyl adjacent to an activating group) is 1. The number of allylic oxidation sites excluding steroid dienone is 7. The summed E-state index contributed by atoms with van der Waals surface area (Å²) in [6, 6.07) is -0.867. The van der Waals surface area contributed by atoms with Gasteiger partial charge in [-0.15, -0.1) is 0 Å². The van der Waals surface area contributed by atoms with Crippen molar-refractivity contribution >= 4 is 13.7 Å². The molecule has 1 amide bonds. The second kappa shape index (κ2) is 46.6. The lowest BCUT2D eigenvalue weighted by molar-refractivity contribution is -0.870. The van der Waals surface area contributed by atoms with Gasteiger partial charge in [-0.05, 0) is 64.2 Å². The van der Waals surface area contributed by atoms with Gasteiger partial charge < -0.3 is 19.8 Å². The standard InChI is InChI=1S/C55H105N2O6P/c1-6-8-10-12-14-16-18-19-20-21-22-23-24-25-26-27-28-29-30-31-32-33-34-35-36-37-39-41-43-45-47-49-55(59)56-53(52-63-64(60,61)62-51-50-57(3,4)5)54(58)48-46-44-42-40-38-17-15-13-11-9-7-2/h11,13,21-22,38,40,46,48,53-54,58H,6-10,12,14-20,23-37,39,41-45,47,49-52H2,1-5H3,(H-,56,59,60,61)/p+1/b13-11+,22-21-,40-38+,48-46+. The summed E-state index contributed by atoms with van der Waals surface area (Å²) in [5.74, 6) is -0.191. The first-order chi connectivity index (χ1) is 31.0. The van der Waals surface area contributed by atoms with E-state index < -0.39 is 20.0 Å². The predicted octanol–water partition coefficient (Wildman–Crippen LogP) is 16.0. The van der Waals surface area contributed by atoms with Gasteiger partial charge in [-0.2, -0.15) is 0 Å². The van der Waals surface area contributed by atoms with Gasteiger partial charge in [0.05, 0.1) is 39.9 Å².